The minimum atomic E-state index is 0.633. The molecule has 0 atom stereocenters. The lowest BCUT2D eigenvalue weighted by Crippen LogP contribution is -2.01. The van der Waals surface area contributed by atoms with Crippen molar-refractivity contribution in [1.29, 1.82) is 0 Å². The number of rotatable bonds is 3. The zero-order valence-corrected chi connectivity index (χ0v) is 22.1. The van der Waals surface area contributed by atoms with Crippen LogP contribution in [0.15, 0.2) is 101 Å². The van der Waals surface area contributed by atoms with Gasteiger partial charge in [0.15, 0.2) is 17.5 Å². The summed E-state index contributed by atoms with van der Waals surface area (Å²) in [5.41, 5.74) is 7.34. The second-order valence-electron chi connectivity index (χ2n) is 10.1. The molecule has 7 aromatic rings. The fraction of sp³-hybridized carbons (Fsp3) is 0.0606. The SMILES string of the molecule is BC1=Cc2c(sc3cccc(-c4nc(-c5ccccc5)nc(-c5ccc6c(c5)oc5ccccc56)n4)c23)CC1. The van der Waals surface area contributed by atoms with E-state index in [1.165, 1.54) is 26.0 Å². The van der Waals surface area contributed by atoms with E-state index in [2.05, 4.69) is 50.3 Å². The van der Waals surface area contributed by atoms with Crippen molar-refractivity contribution < 1.29 is 4.42 Å². The molecule has 6 heteroatoms. The number of thiophene rings is 1. The van der Waals surface area contributed by atoms with Gasteiger partial charge >= 0.3 is 0 Å². The highest BCUT2D eigenvalue weighted by molar-refractivity contribution is 7.19. The van der Waals surface area contributed by atoms with Crippen LogP contribution in [0.3, 0.4) is 0 Å². The third kappa shape index (κ3) is 3.71. The minimum absolute atomic E-state index is 0.633. The average molecular weight is 519 g/mol. The highest BCUT2D eigenvalue weighted by Gasteiger charge is 2.21. The van der Waals surface area contributed by atoms with Gasteiger partial charge < -0.3 is 4.42 Å². The van der Waals surface area contributed by atoms with Crippen LogP contribution in [-0.2, 0) is 6.42 Å². The molecule has 0 bridgehead atoms. The summed E-state index contributed by atoms with van der Waals surface area (Å²) in [5, 5.41) is 3.43. The fourth-order valence-electron chi connectivity index (χ4n) is 5.58. The third-order valence-corrected chi connectivity index (χ3v) is 8.74. The Morgan fingerprint density at radius 1 is 0.667 bits per heavy atom. The molecule has 0 amide bonds. The Kier molecular flexibility index (Phi) is 5.04. The summed E-state index contributed by atoms with van der Waals surface area (Å²) in [6, 6.07) is 31.0. The van der Waals surface area contributed by atoms with Gasteiger partial charge in [-0.1, -0.05) is 72.8 Å². The normalized spacial score (nSPS) is 13.2. The Morgan fingerprint density at radius 2 is 1.44 bits per heavy atom. The lowest BCUT2D eigenvalue weighted by Gasteiger charge is -2.12. The van der Waals surface area contributed by atoms with Gasteiger partial charge in [-0.15, -0.1) is 16.8 Å². The van der Waals surface area contributed by atoms with Gasteiger partial charge in [-0.3, -0.25) is 0 Å². The van der Waals surface area contributed by atoms with Gasteiger partial charge in [0.2, 0.25) is 0 Å². The fourth-order valence-corrected chi connectivity index (χ4v) is 6.79. The Hall–Kier alpha value is -4.55. The standard InChI is InChI=1S/C33H22BN3OS/c34-21-14-16-28-25(18-21)30-24(10-6-12-29(30)39-28)33-36-31(19-7-2-1-3-8-19)35-32(37-33)20-13-15-23-22-9-4-5-11-26(22)38-27(23)17-20/h1-13,15,17-18H,14,16,34H2. The summed E-state index contributed by atoms with van der Waals surface area (Å²) >= 11 is 1.89. The maximum absolute atomic E-state index is 6.19. The molecule has 1 aliphatic carbocycles. The summed E-state index contributed by atoms with van der Waals surface area (Å²) in [4.78, 5) is 16.5. The van der Waals surface area contributed by atoms with Crippen molar-refractivity contribution in [1.82, 2.24) is 15.0 Å². The Bertz CT molecular complexity index is 2090. The molecule has 184 valence electrons. The van der Waals surface area contributed by atoms with E-state index in [1.807, 2.05) is 65.9 Å². The van der Waals surface area contributed by atoms with Crippen molar-refractivity contribution in [2.45, 2.75) is 12.8 Å². The van der Waals surface area contributed by atoms with Gasteiger partial charge in [0, 0.05) is 42.4 Å². The van der Waals surface area contributed by atoms with E-state index < -0.39 is 0 Å². The molecular weight excluding hydrogens is 497 g/mol. The number of hydrogen-bond donors (Lipinski definition) is 0. The van der Waals surface area contributed by atoms with E-state index in [0.29, 0.717) is 17.5 Å². The van der Waals surface area contributed by atoms with Crippen molar-refractivity contribution in [2.75, 3.05) is 0 Å². The van der Waals surface area contributed by atoms with Crippen LogP contribution in [0.1, 0.15) is 16.9 Å². The zero-order valence-electron chi connectivity index (χ0n) is 21.3. The van der Waals surface area contributed by atoms with Crippen molar-refractivity contribution in [3.05, 3.63) is 107 Å². The minimum Gasteiger partial charge on any atom is -0.456 e. The molecule has 1 aliphatic rings. The van der Waals surface area contributed by atoms with Gasteiger partial charge in [0.1, 0.15) is 19.0 Å². The molecule has 39 heavy (non-hydrogen) atoms. The molecule has 0 unspecified atom stereocenters. The number of para-hydroxylation sites is 1. The van der Waals surface area contributed by atoms with Crippen molar-refractivity contribution in [2.24, 2.45) is 0 Å². The molecule has 0 radical (unpaired) electrons. The van der Waals surface area contributed by atoms with E-state index in [1.54, 1.807) is 0 Å². The van der Waals surface area contributed by atoms with E-state index >= 15 is 0 Å². The molecular formula is C33H22BN3OS. The molecule has 3 aromatic heterocycles. The average Bonchev–Trinajstić information content (AvgIpc) is 3.55. The predicted molar refractivity (Wildman–Crippen MR) is 164 cm³/mol. The quantitative estimate of drug-likeness (QED) is 0.223. The van der Waals surface area contributed by atoms with E-state index in [0.717, 1.165) is 51.5 Å². The predicted octanol–water partition coefficient (Wildman–Crippen LogP) is 7.91. The molecule has 0 saturated heterocycles. The van der Waals surface area contributed by atoms with Crippen LogP contribution >= 0.6 is 11.3 Å². The molecule has 4 aromatic carbocycles. The Labute approximate surface area is 230 Å². The largest absolute Gasteiger partial charge is 0.456 e. The number of allylic oxidation sites excluding steroid dienone is 1. The van der Waals surface area contributed by atoms with Gasteiger partial charge in [0.05, 0.1) is 0 Å². The van der Waals surface area contributed by atoms with Crippen LogP contribution in [0.25, 0.3) is 72.3 Å². The zero-order chi connectivity index (χ0) is 25.9. The Balaban J connectivity index is 1.37. The van der Waals surface area contributed by atoms with Crippen LogP contribution < -0.4 is 0 Å². The lowest BCUT2D eigenvalue weighted by atomic mass is 9.84. The molecule has 0 fully saturated rings. The van der Waals surface area contributed by atoms with Crippen LogP contribution in [0.2, 0.25) is 0 Å². The summed E-state index contributed by atoms with van der Waals surface area (Å²) in [6.45, 7) is 0. The number of aromatic nitrogens is 3. The first-order valence-electron chi connectivity index (χ1n) is 13.2. The summed E-state index contributed by atoms with van der Waals surface area (Å²) in [7, 11) is 2.22. The van der Waals surface area contributed by atoms with Gasteiger partial charge in [-0.25, -0.2) is 15.0 Å². The van der Waals surface area contributed by atoms with Crippen LogP contribution in [0.4, 0.5) is 0 Å². The number of furan rings is 1. The van der Waals surface area contributed by atoms with Crippen LogP contribution in [0, 0.1) is 0 Å². The van der Waals surface area contributed by atoms with Crippen molar-refractivity contribution in [3.63, 3.8) is 0 Å². The molecule has 3 heterocycles. The summed E-state index contributed by atoms with van der Waals surface area (Å²) in [6.07, 6.45) is 4.55. The van der Waals surface area contributed by atoms with Crippen LogP contribution in [-0.4, -0.2) is 22.8 Å². The van der Waals surface area contributed by atoms with Crippen molar-refractivity contribution in [3.8, 4) is 34.2 Å². The highest BCUT2D eigenvalue weighted by atomic mass is 32.1. The van der Waals surface area contributed by atoms with Crippen LogP contribution in [0.5, 0.6) is 0 Å². The summed E-state index contributed by atoms with van der Waals surface area (Å²) in [5.74, 6) is 1.98. The second kappa shape index (κ2) is 8.75. The molecule has 0 aliphatic heterocycles. The number of fused-ring (bicyclic) bond motifs is 6. The summed E-state index contributed by atoms with van der Waals surface area (Å²) < 4.78 is 7.46. The van der Waals surface area contributed by atoms with Gasteiger partial charge in [-0.05, 0) is 42.7 Å². The number of nitrogens with zero attached hydrogens (tertiary/aromatic N) is 3. The first-order chi connectivity index (χ1) is 19.2. The third-order valence-electron chi connectivity index (χ3n) is 7.51. The molecule has 0 N–H and O–H groups in total. The first kappa shape index (κ1) is 22.4. The molecule has 4 nitrogen and oxygen atoms in total. The van der Waals surface area contributed by atoms with Gasteiger partial charge in [0.25, 0.3) is 0 Å². The number of benzene rings is 4. The van der Waals surface area contributed by atoms with E-state index in [4.69, 9.17) is 19.4 Å². The first-order valence-corrected chi connectivity index (χ1v) is 14.0. The molecule has 0 spiro atoms. The topological polar surface area (TPSA) is 51.8 Å². The van der Waals surface area contributed by atoms with Crippen molar-refractivity contribution >= 4 is 57.3 Å². The molecule has 8 rings (SSSR count). The maximum atomic E-state index is 6.19. The lowest BCUT2D eigenvalue weighted by molar-refractivity contribution is 0.669. The highest BCUT2D eigenvalue weighted by Crippen LogP contribution is 2.42. The number of hydrogen-bond acceptors (Lipinski definition) is 5. The maximum Gasteiger partial charge on any atom is 0.164 e. The van der Waals surface area contributed by atoms with E-state index in [9.17, 15) is 0 Å². The molecule has 0 saturated carbocycles. The number of aryl methyl sites for hydroxylation is 1. The monoisotopic (exact) mass is 519 g/mol. The Morgan fingerprint density at radius 3 is 2.33 bits per heavy atom. The van der Waals surface area contributed by atoms with Gasteiger partial charge in [-0.2, -0.15) is 0 Å². The van der Waals surface area contributed by atoms with E-state index in [-0.39, 0.29) is 0 Å². The smallest absolute Gasteiger partial charge is 0.164 e. The second-order valence-corrected chi connectivity index (χ2v) is 11.2.